The summed E-state index contributed by atoms with van der Waals surface area (Å²) in [4.78, 5) is 27.8. The summed E-state index contributed by atoms with van der Waals surface area (Å²) in [6, 6.07) is 4.74. The average Bonchev–Trinajstić information content (AvgIpc) is 3.23. The molecule has 7 nitrogen and oxygen atoms in total. The van der Waals surface area contributed by atoms with Crippen LogP contribution in [-0.2, 0) is 19.6 Å². The van der Waals surface area contributed by atoms with E-state index in [1.54, 1.807) is 9.80 Å². The number of carbonyl (C=O) groups is 2. The minimum absolute atomic E-state index is 0.0193. The van der Waals surface area contributed by atoms with Crippen LogP contribution in [0.3, 0.4) is 0 Å². The van der Waals surface area contributed by atoms with E-state index in [2.05, 4.69) is 0 Å². The molecular weight excluding hydrogens is 393 g/mol. The highest BCUT2D eigenvalue weighted by Crippen LogP contribution is 2.46. The van der Waals surface area contributed by atoms with Crippen LogP contribution in [0.15, 0.2) is 29.2 Å². The van der Waals surface area contributed by atoms with Crippen LogP contribution in [0.25, 0.3) is 0 Å². The molecule has 0 spiro atoms. The van der Waals surface area contributed by atoms with Crippen molar-refractivity contribution in [2.75, 3.05) is 38.5 Å². The zero-order chi connectivity index (χ0) is 19.2. The van der Waals surface area contributed by atoms with Gasteiger partial charge in [-0.15, -0.1) is 11.8 Å². The Morgan fingerprint density at radius 1 is 1.07 bits per heavy atom. The summed E-state index contributed by atoms with van der Waals surface area (Å²) in [6.45, 7) is 1.52. The fourth-order valence-electron chi connectivity index (χ4n) is 3.93. The zero-order valence-electron chi connectivity index (χ0n) is 14.6. The molecule has 146 valence electrons. The van der Waals surface area contributed by atoms with Crippen LogP contribution >= 0.6 is 11.8 Å². The normalized spacial score (nSPS) is 26.5. The predicted molar refractivity (Wildman–Crippen MR) is 97.9 cm³/mol. The summed E-state index contributed by atoms with van der Waals surface area (Å²) in [6.07, 6.45) is 0.904. The summed E-state index contributed by atoms with van der Waals surface area (Å²) < 4.78 is 39.8. The maximum atomic E-state index is 13.1. The Bertz CT molecular complexity index is 869. The maximum Gasteiger partial charge on any atom is 0.259 e. The van der Waals surface area contributed by atoms with E-state index in [-0.39, 0.29) is 42.9 Å². The molecule has 0 unspecified atom stereocenters. The summed E-state index contributed by atoms with van der Waals surface area (Å²) >= 11 is 1.52. The number of fused-ring (bicyclic) bond motifs is 1. The number of carbonyl (C=O) groups excluding carboxylic acids is 2. The topological polar surface area (TPSA) is 78.0 Å². The fourth-order valence-corrected chi connectivity index (χ4v) is 6.81. The number of piperazine rings is 1. The van der Waals surface area contributed by atoms with Crippen LogP contribution in [0.2, 0.25) is 0 Å². The largest absolute Gasteiger partial charge is 0.337 e. The highest BCUT2D eigenvalue weighted by Gasteiger charge is 2.56. The molecule has 0 N–H and O–H groups in total. The van der Waals surface area contributed by atoms with Crippen molar-refractivity contribution in [2.45, 2.75) is 22.6 Å². The molecular formula is C17H20FN3O4S2. The lowest BCUT2D eigenvalue weighted by atomic mass is 10.1. The van der Waals surface area contributed by atoms with E-state index in [0.717, 1.165) is 17.9 Å². The van der Waals surface area contributed by atoms with Crippen LogP contribution in [0.5, 0.6) is 0 Å². The molecule has 0 saturated carbocycles. The van der Waals surface area contributed by atoms with Gasteiger partial charge < -0.3 is 9.80 Å². The van der Waals surface area contributed by atoms with E-state index < -0.39 is 20.7 Å². The number of nitrogens with zero attached hydrogens (tertiary/aromatic N) is 3. The second-order valence-electron chi connectivity index (χ2n) is 6.83. The van der Waals surface area contributed by atoms with Gasteiger partial charge in [0.25, 0.3) is 5.91 Å². The van der Waals surface area contributed by atoms with Crippen LogP contribution in [0.4, 0.5) is 4.39 Å². The number of amides is 2. The first-order chi connectivity index (χ1) is 12.8. The van der Waals surface area contributed by atoms with Crippen molar-refractivity contribution in [1.82, 2.24) is 14.1 Å². The van der Waals surface area contributed by atoms with E-state index in [9.17, 15) is 22.4 Å². The molecule has 3 aliphatic rings. The summed E-state index contributed by atoms with van der Waals surface area (Å²) in [5, 5.41) is 0. The van der Waals surface area contributed by atoms with Gasteiger partial charge in [0.15, 0.2) is 4.87 Å². The zero-order valence-corrected chi connectivity index (χ0v) is 16.3. The quantitative estimate of drug-likeness (QED) is 0.730. The molecule has 0 aromatic heterocycles. The standard InChI is InChI=1S/C17H20FN3O4S2/c18-13-1-3-14(4-2-13)27(24,25)20-9-7-19(8-10-20)16(23)17-6-5-15(22)21(17)11-12-26-17/h1-4H,5-12H2/t17-/m0/s1. The van der Waals surface area contributed by atoms with Crippen molar-refractivity contribution in [3.8, 4) is 0 Å². The number of hydrogen-bond donors (Lipinski definition) is 0. The lowest BCUT2D eigenvalue weighted by Crippen LogP contribution is -2.58. The highest BCUT2D eigenvalue weighted by molar-refractivity contribution is 8.01. The third-order valence-electron chi connectivity index (χ3n) is 5.38. The first kappa shape index (κ1) is 18.7. The molecule has 10 heteroatoms. The Morgan fingerprint density at radius 3 is 2.41 bits per heavy atom. The SMILES string of the molecule is O=C1CC[C@@]2(C(=O)N3CCN(S(=O)(=O)c4ccc(F)cc4)CC3)SCCN12. The molecule has 3 heterocycles. The molecule has 1 aromatic carbocycles. The van der Waals surface area contributed by atoms with Crippen LogP contribution < -0.4 is 0 Å². The summed E-state index contributed by atoms with van der Waals surface area (Å²) in [5.41, 5.74) is 0. The Balaban J connectivity index is 1.45. The Labute approximate surface area is 161 Å². The Kier molecular flexibility index (Phi) is 4.68. The first-order valence-electron chi connectivity index (χ1n) is 8.84. The van der Waals surface area contributed by atoms with Crippen LogP contribution in [-0.4, -0.2) is 77.7 Å². The molecule has 0 bridgehead atoms. The van der Waals surface area contributed by atoms with Gasteiger partial charge in [0.05, 0.1) is 4.90 Å². The first-order valence-corrected chi connectivity index (χ1v) is 11.3. The minimum Gasteiger partial charge on any atom is -0.337 e. The molecule has 1 aromatic rings. The van der Waals surface area contributed by atoms with Crippen molar-refractivity contribution >= 4 is 33.6 Å². The minimum atomic E-state index is -3.72. The van der Waals surface area contributed by atoms with Gasteiger partial charge in [-0.25, -0.2) is 12.8 Å². The van der Waals surface area contributed by atoms with Crippen LogP contribution in [0, 0.1) is 5.82 Å². The number of hydrogen-bond acceptors (Lipinski definition) is 5. The van der Waals surface area contributed by atoms with Gasteiger partial charge >= 0.3 is 0 Å². The number of benzene rings is 1. The van der Waals surface area contributed by atoms with E-state index in [1.165, 1.54) is 28.2 Å². The molecule has 27 heavy (non-hydrogen) atoms. The fraction of sp³-hybridized carbons (Fsp3) is 0.529. The van der Waals surface area contributed by atoms with Crippen molar-refractivity contribution in [2.24, 2.45) is 0 Å². The Morgan fingerprint density at radius 2 is 1.74 bits per heavy atom. The molecule has 3 saturated heterocycles. The summed E-state index contributed by atoms with van der Waals surface area (Å²) in [7, 11) is -3.72. The maximum absolute atomic E-state index is 13.1. The number of sulfonamides is 1. The van der Waals surface area contributed by atoms with E-state index >= 15 is 0 Å². The van der Waals surface area contributed by atoms with E-state index in [0.29, 0.717) is 19.4 Å². The third kappa shape index (κ3) is 3.03. The molecule has 2 amide bonds. The van der Waals surface area contributed by atoms with Crippen molar-refractivity contribution in [3.63, 3.8) is 0 Å². The van der Waals surface area contributed by atoms with Gasteiger partial charge in [-0.2, -0.15) is 4.31 Å². The van der Waals surface area contributed by atoms with Gasteiger partial charge in [0, 0.05) is 44.9 Å². The van der Waals surface area contributed by atoms with Gasteiger partial charge in [-0.05, 0) is 30.7 Å². The second kappa shape index (κ2) is 6.75. The van der Waals surface area contributed by atoms with Gasteiger partial charge in [-0.3, -0.25) is 9.59 Å². The molecule has 0 aliphatic carbocycles. The molecule has 3 fully saturated rings. The van der Waals surface area contributed by atoms with Gasteiger partial charge in [0.2, 0.25) is 15.9 Å². The lowest BCUT2D eigenvalue weighted by Gasteiger charge is -2.39. The molecule has 4 rings (SSSR count). The van der Waals surface area contributed by atoms with Gasteiger partial charge in [-0.1, -0.05) is 0 Å². The third-order valence-corrected chi connectivity index (χ3v) is 8.76. The van der Waals surface area contributed by atoms with Crippen molar-refractivity contribution in [1.29, 1.82) is 0 Å². The Hall–Kier alpha value is -1.65. The highest BCUT2D eigenvalue weighted by atomic mass is 32.2. The molecule has 1 atom stereocenters. The smallest absolute Gasteiger partial charge is 0.259 e. The van der Waals surface area contributed by atoms with Gasteiger partial charge in [0.1, 0.15) is 5.82 Å². The average molecular weight is 413 g/mol. The second-order valence-corrected chi connectivity index (χ2v) is 10.1. The van der Waals surface area contributed by atoms with E-state index in [4.69, 9.17) is 0 Å². The van der Waals surface area contributed by atoms with E-state index in [1.807, 2.05) is 0 Å². The predicted octanol–water partition coefficient (Wildman–Crippen LogP) is 0.724. The molecule has 3 aliphatic heterocycles. The van der Waals surface area contributed by atoms with Crippen molar-refractivity contribution < 1.29 is 22.4 Å². The monoisotopic (exact) mass is 413 g/mol. The lowest BCUT2D eigenvalue weighted by molar-refractivity contribution is -0.143. The summed E-state index contributed by atoms with van der Waals surface area (Å²) in [5.74, 6) is 0.185. The van der Waals surface area contributed by atoms with Crippen molar-refractivity contribution in [3.05, 3.63) is 30.1 Å². The number of halogens is 1. The van der Waals surface area contributed by atoms with Crippen LogP contribution in [0.1, 0.15) is 12.8 Å². The molecule has 0 radical (unpaired) electrons. The number of rotatable bonds is 3. The number of thioether (sulfide) groups is 1.